The van der Waals surface area contributed by atoms with Crippen molar-refractivity contribution in [2.45, 2.75) is 11.4 Å². The quantitative estimate of drug-likeness (QED) is 0.756. The van der Waals surface area contributed by atoms with Crippen molar-refractivity contribution in [3.8, 4) is 0 Å². The minimum atomic E-state index is -9.61. The third-order valence-corrected chi connectivity index (χ3v) is 4.29. The van der Waals surface area contributed by atoms with Crippen LogP contribution in [0, 0.1) is 0 Å². The Morgan fingerprint density at radius 2 is 1.71 bits per heavy atom. The molecular formula is C11H11ClF5N3S. The summed E-state index contributed by atoms with van der Waals surface area (Å²) in [6, 6.07) is 2.60. The third kappa shape index (κ3) is 3.79. The van der Waals surface area contributed by atoms with Gasteiger partial charge in [0.15, 0.2) is 0 Å². The lowest BCUT2D eigenvalue weighted by Crippen LogP contribution is -2.08. The van der Waals surface area contributed by atoms with Crippen LogP contribution in [0.4, 0.5) is 25.1 Å². The third-order valence-electron chi connectivity index (χ3n) is 2.78. The van der Waals surface area contributed by atoms with Gasteiger partial charge in [-0.2, -0.15) is 0 Å². The Bertz CT molecular complexity index is 666. The molecule has 0 unspecified atom stereocenters. The monoisotopic (exact) mass is 347 g/mol. The highest BCUT2D eigenvalue weighted by atomic mass is 35.5. The number of hydrogen-bond donors (Lipinski definition) is 1. The molecule has 1 aromatic heterocycles. The van der Waals surface area contributed by atoms with E-state index in [0.29, 0.717) is 23.1 Å². The van der Waals surface area contributed by atoms with Crippen LogP contribution in [-0.4, -0.2) is 9.55 Å². The molecule has 0 aliphatic carbocycles. The Morgan fingerprint density at radius 1 is 1.14 bits per heavy atom. The van der Waals surface area contributed by atoms with Crippen molar-refractivity contribution in [3.05, 3.63) is 41.4 Å². The molecule has 0 saturated heterocycles. The lowest BCUT2D eigenvalue weighted by molar-refractivity contribution is 0.364. The largest absolute Gasteiger partial charge is 0.378 e. The van der Waals surface area contributed by atoms with Crippen LogP contribution in [0.1, 0.15) is 5.82 Å². The van der Waals surface area contributed by atoms with Gasteiger partial charge in [0, 0.05) is 12.7 Å². The van der Waals surface area contributed by atoms with Crippen LogP contribution in [0.2, 0.25) is 5.15 Å². The summed E-state index contributed by atoms with van der Waals surface area (Å²) in [6.45, 7) is 0.193. The number of rotatable bonds is 4. The van der Waals surface area contributed by atoms with Crippen LogP contribution < -0.4 is 5.32 Å². The smallest absolute Gasteiger partial charge is 0.310 e. The first-order valence-corrected chi connectivity index (χ1v) is 7.94. The molecular weight excluding hydrogens is 337 g/mol. The Hall–Kier alpha value is -1.48. The highest BCUT2D eigenvalue weighted by Crippen LogP contribution is 3.02. The summed E-state index contributed by atoms with van der Waals surface area (Å²) in [4.78, 5) is 2.07. The second kappa shape index (κ2) is 4.26. The molecule has 3 nitrogen and oxygen atoms in total. The first kappa shape index (κ1) is 15.9. The molecule has 0 bridgehead atoms. The zero-order valence-electron chi connectivity index (χ0n) is 10.7. The minimum absolute atomic E-state index is 0.193. The van der Waals surface area contributed by atoms with Gasteiger partial charge in [0.2, 0.25) is 0 Å². The SMILES string of the molecule is Cn1c(Cl)cnc1CNc1ccc(S(F)(F)(F)(F)F)cc1. The number of nitrogens with one attached hydrogen (secondary N) is 1. The van der Waals surface area contributed by atoms with Gasteiger partial charge in [-0.25, -0.2) is 4.98 Å². The van der Waals surface area contributed by atoms with E-state index >= 15 is 0 Å². The van der Waals surface area contributed by atoms with E-state index in [9.17, 15) is 19.4 Å². The van der Waals surface area contributed by atoms with Crippen molar-refractivity contribution in [3.63, 3.8) is 0 Å². The van der Waals surface area contributed by atoms with Crippen LogP contribution in [-0.2, 0) is 13.6 Å². The summed E-state index contributed by atoms with van der Waals surface area (Å²) in [5.74, 6) is 0.553. The van der Waals surface area contributed by atoms with Crippen molar-refractivity contribution in [2.24, 2.45) is 7.05 Å². The molecule has 0 aliphatic heterocycles. The highest BCUT2D eigenvalue weighted by molar-refractivity contribution is 8.45. The van der Waals surface area contributed by atoms with E-state index < -0.39 is 15.1 Å². The first-order chi connectivity index (χ1) is 9.36. The highest BCUT2D eigenvalue weighted by Gasteiger charge is 2.65. The second-order valence-electron chi connectivity index (χ2n) is 4.40. The summed E-state index contributed by atoms with van der Waals surface area (Å²) < 4.78 is 64.3. The van der Waals surface area contributed by atoms with Gasteiger partial charge in [-0.05, 0) is 24.3 Å². The van der Waals surface area contributed by atoms with E-state index in [4.69, 9.17) is 11.6 Å². The van der Waals surface area contributed by atoms with Gasteiger partial charge < -0.3 is 9.88 Å². The van der Waals surface area contributed by atoms with Crippen LogP contribution in [0.15, 0.2) is 35.4 Å². The fourth-order valence-electron chi connectivity index (χ4n) is 1.60. The summed E-state index contributed by atoms with van der Waals surface area (Å²) in [7, 11) is -7.94. The molecule has 0 atom stereocenters. The molecule has 1 N–H and O–H groups in total. The molecule has 2 rings (SSSR count). The van der Waals surface area contributed by atoms with Gasteiger partial charge in [-0.1, -0.05) is 31.0 Å². The molecule has 1 heterocycles. The zero-order chi connectivity index (χ0) is 16.0. The van der Waals surface area contributed by atoms with Crippen molar-refractivity contribution < 1.29 is 19.4 Å². The van der Waals surface area contributed by atoms with E-state index in [1.165, 1.54) is 6.20 Å². The Labute approximate surface area is 122 Å². The number of imidazole rings is 1. The molecule has 1 aromatic carbocycles. The predicted molar refractivity (Wildman–Crippen MR) is 73.4 cm³/mol. The maximum Gasteiger partial charge on any atom is 0.310 e. The number of hydrogen-bond acceptors (Lipinski definition) is 2. The molecule has 0 fully saturated rings. The molecule has 0 saturated carbocycles. The minimum Gasteiger partial charge on any atom is -0.378 e. The van der Waals surface area contributed by atoms with Gasteiger partial charge in [-0.3, -0.25) is 0 Å². The molecule has 0 radical (unpaired) electrons. The van der Waals surface area contributed by atoms with Crippen LogP contribution >= 0.6 is 21.8 Å². The van der Waals surface area contributed by atoms with Gasteiger partial charge >= 0.3 is 10.2 Å². The van der Waals surface area contributed by atoms with Crippen LogP contribution in [0.3, 0.4) is 0 Å². The summed E-state index contributed by atoms with van der Waals surface area (Å²) in [5.41, 5.74) is 0.264. The predicted octanol–water partition coefficient (Wildman–Crippen LogP) is 5.34. The Morgan fingerprint density at radius 3 is 2.14 bits per heavy atom. The average molecular weight is 348 g/mol. The lowest BCUT2D eigenvalue weighted by atomic mass is 10.3. The lowest BCUT2D eigenvalue weighted by Gasteiger charge is -2.40. The standard InChI is InChI=1S/C11H11ClF5N3S/c1-20-10(12)6-19-11(20)7-18-8-2-4-9(5-3-8)21(13,14,15,16)17/h2-6,18H,7H2,1H3. The number of aromatic nitrogens is 2. The van der Waals surface area contributed by atoms with Gasteiger partial charge in [0.1, 0.15) is 15.9 Å². The molecule has 10 heteroatoms. The molecule has 21 heavy (non-hydrogen) atoms. The van der Waals surface area contributed by atoms with Crippen LogP contribution in [0.25, 0.3) is 0 Å². The number of anilines is 1. The van der Waals surface area contributed by atoms with E-state index in [1.54, 1.807) is 11.6 Å². The fourth-order valence-corrected chi connectivity index (χ4v) is 2.40. The molecule has 0 aliphatic rings. The average Bonchev–Trinajstić information content (AvgIpc) is 2.65. The molecule has 0 amide bonds. The molecule has 0 spiro atoms. The number of benzene rings is 1. The van der Waals surface area contributed by atoms with E-state index in [-0.39, 0.29) is 12.2 Å². The van der Waals surface area contributed by atoms with Crippen molar-refractivity contribution in [2.75, 3.05) is 5.32 Å². The number of halogens is 6. The van der Waals surface area contributed by atoms with Gasteiger partial charge in [0.05, 0.1) is 12.7 Å². The Balaban J connectivity index is 2.13. The van der Waals surface area contributed by atoms with Gasteiger partial charge in [-0.15, -0.1) is 0 Å². The maximum atomic E-state index is 12.5. The fraction of sp³-hybridized carbons (Fsp3) is 0.182. The normalized spacial score (nSPS) is 15.4. The van der Waals surface area contributed by atoms with E-state index in [2.05, 4.69) is 10.3 Å². The second-order valence-corrected chi connectivity index (χ2v) is 7.20. The summed E-state index contributed by atoms with van der Waals surface area (Å²) in [5, 5.41) is 3.18. The Kier molecular flexibility index (Phi) is 3.23. The van der Waals surface area contributed by atoms with Crippen LogP contribution in [0.5, 0.6) is 0 Å². The first-order valence-electron chi connectivity index (χ1n) is 5.61. The van der Waals surface area contributed by atoms with Gasteiger partial charge in [0.25, 0.3) is 0 Å². The number of nitrogens with zero attached hydrogens (tertiary/aromatic N) is 2. The topological polar surface area (TPSA) is 29.9 Å². The van der Waals surface area contributed by atoms with E-state index in [1.807, 2.05) is 0 Å². The maximum absolute atomic E-state index is 12.5. The van der Waals surface area contributed by atoms with Crippen molar-refractivity contribution in [1.29, 1.82) is 0 Å². The zero-order valence-corrected chi connectivity index (χ0v) is 12.2. The molecule has 118 valence electrons. The molecule has 2 aromatic rings. The summed E-state index contributed by atoms with van der Waals surface area (Å²) >= 11 is 5.78. The van der Waals surface area contributed by atoms with Crippen molar-refractivity contribution >= 4 is 27.5 Å². The van der Waals surface area contributed by atoms with E-state index in [0.717, 1.165) is 12.1 Å². The summed E-state index contributed by atoms with van der Waals surface area (Å²) in [6.07, 6.45) is 1.43. The van der Waals surface area contributed by atoms with Crippen molar-refractivity contribution in [1.82, 2.24) is 9.55 Å².